The quantitative estimate of drug-likeness (QED) is 0.786. The van der Waals surface area contributed by atoms with Gasteiger partial charge in [-0.25, -0.2) is 0 Å². The minimum atomic E-state index is 0.698. The molecule has 2 rings (SSSR count). The number of aryl methyl sites for hydroxylation is 2. The summed E-state index contributed by atoms with van der Waals surface area (Å²) in [6.45, 7) is 10.8. The van der Waals surface area contributed by atoms with E-state index in [0.717, 1.165) is 13.1 Å². The summed E-state index contributed by atoms with van der Waals surface area (Å²) in [6, 6.07) is 15.5. The van der Waals surface area contributed by atoms with Crippen LogP contribution in [0.2, 0.25) is 0 Å². The molecule has 0 saturated carbocycles. The summed E-state index contributed by atoms with van der Waals surface area (Å²) in [4.78, 5) is 2.64. The van der Waals surface area contributed by atoms with Crippen molar-refractivity contribution in [1.82, 2.24) is 5.32 Å². The standard InChI is InChI=1S/C19H25NS/c1-14(2)12-20-13-17-6-8-18(9-7-17)21-19-10-5-15(3)11-16(19)4/h5-11,14,20H,12-13H2,1-4H3. The Balaban J connectivity index is 1.95. The second-order valence-electron chi connectivity index (χ2n) is 6.04. The van der Waals surface area contributed by atoms with Gasteiger partial charge in [-0.05, 0) is 55.6 Å². The van der Waals surface area contributed by atoms with Crippen LogP contribution in [-0.4, -0.2) is 6.54 Å². The van der Waals surface area contributed by atoms with Crippen LogP contribution in [0.15, 0.2) is 52.3 Å². The molecule has 0 heterocycles. The maximum absolute atomic E-state index is 3.48. The fourth-order valence-corrected chi connectivity index (χ4v) is 3.10. The molecule has 0 fully saturated rings. The van der Waals surface area contributed by atoms with Crippen LogP contribution in [0.25, 0.3) is 0 Å². The lowest BCUT2D eigenvalue weighted by Crippen LogP contribution is -2.18. The van der Waals surface area contributed by atoms with E-state index in [1.807, 2.05) is 11.8 Å². The van der Waals surface area contributed by atoms with Gasteiger partial charge in [0.15, 0.2) is 0 Å². The van der Waals surface area contributed by atoms with Gasteiger partial charge >= 0.3 is 0 Å². The SMILES string of the molecule is Cc1ccc(Sc2ccc(CNCC(C)C)cc2)c(C)c1. The molecular formula is C19H25NS. The van der Waals surface area contributed by atoms with Gasteiger partial charge in [0.25, 0.3) is 0 Å². The van der Waals surface area contributed by atoms with Crippen LogP contribution in [0.5, 0.6) is 0 Å². The van der Waals surface area contributed by atoms with E-state index in [0.29, 0.717) is 5.92 Å². The molecule has 0 unspecified atom stereocenters. The van der Waals surface area contributed by atoms with Crippen molar-refractivity contribution in [3.63, 3.8) is 0 Å². The summed E-state index contributed by atoms with van der Waals surface area (Å²) >= 11 is 1.84. The summed E-state index contributed by atoms with van der Waals surface area (Å²) in [7, 11) is 0. The molecule has 112 valence electrons. The highest BCUT2D eigenvalue weighted by Gasteiger charge is 2.02. The molecule has 0 radical (unpaired) electrons. The van der Waals surface area contributed by atoms with Crippen molar-refractivity contribution in [2.24, 2.45) is 5.92 Å². The molecule has 1 nitrogen and oxygen atoms in total. The Morgan fingerprint density at radius 2 is 1.71 bits per heavy atom. The van der Waals surface area contributed by atoms with Gasteiger partial charge in [0.1, 0.15) is 0 Å². The van der Waals surface area contributed by atoms with Gasteiger partial charge in [-0.3, -0.25) is 0 Å². The van der Waals surface area contributed by atoms with Gasteiger partial charge in [0.2, 0.25) is 0 Å². The molecule has 0 aliphatic heterocycles. The molecule has 21 heavy (non-hydrogen) atoms. The molecule has 0 spiro atoms. The molecule has 0 amide bonds. The third-order valence-electron chi connectivity index (χ3n) is 3.36. The highest BCUT2D eigenvalue weighted by Crippen LogP contribution is 2.30. The first-order valence-corrected chi connectivity index (χ1v) is 8.41. The van der Waals surface area contributed by atoms with Crippen LogP contribution in [0.3, 0.4) is 0 Å². The predicted molar refractivity (Wildman–Crippen MR) is 93.0 cm³/mol. The number of hydrogen-bond acceptors (Lipinski definition) is 2. The van der Waals surface area contributed by atoms with E-state index in [-0.39, 0.29) is 0 Å². The van der Waals surface area contributed by atoms with Crippen molar-refractivity contribution in [3.05, 3.63) is 59.2 Å². The molecule has 2 aromatic rings. The topological polar surface area (TPSA) is 12.0 Å². The first-order valence-electron chi connectivity index (χ1n) is 7.59. The zero-order valence-electron chi connectivity index (χ0n) is 13.4. The highest BCUT2D eigenvalue weighted by molar-refractivity contribution is 7.99. The van der Waals surface area contributed by atoms with Crippen molar-refractivity contribution in [3.8, 4) is 0 Å². The van der Waals surface area contributed by atoms with Gasteiger partial charge in [-0.1, -0.05) is 55.4 Å². The fourth-order valence-electron chi connectivity index (χ4n) is 2.22. The maximum Gasteiger partial charge on any atom is 0.0205 e. The smallest absolute Gasteiger partial charge is 0.0205 e. The Morgan fingerprint density at radius 1 is 1.00 bits per heavy atom. The number of nitrogens with one attached hydrogen (secondary N) is 1. The number of rotatable bonds is 6. The predicted octanol–water partition coefficient (Wildman–Crippen LogP) is 5.20. The van der Waals surface area contributed by atoms with Crippen molar-refractivity contribution < 1.29 is 0 Å². The van der Waals surface area contributed by atoms with E-state index >= 15 is 0 Å². The van der Waals surface area contributed by atoms with E-state index < -0.39 is 0 Å². The molecule has 0 saturated heterocycles. The molecule has 1 N–H and O–H groups in total. The fraction of sp³-hybridized carbons (Fsp3) is 0.368. The Hall–Kier alpha value is -1.25. The van der Waals surface area contributed by atoms with E-state index in [1.54, 1.807) is 0 Å². The Bertz CT molecular complexity index is 573. The van der Waals surface area contributed by atoms with E-state index in [4.69, 9.17) is 0 Å². The Kier molecular flexibility index (Phi) is 5.89. The molecule has 0 aliphatic rings. The van der Waals surface area contributed by atoms with Crippen molar-refractivity contribution in [1.29, 1.82) is 0 Å². The largest absolute Gasteiger partial charge is 0.312 e. The number of benzene rings is 2. The highest BCUT2D eigenvalue weighted by atomic mass is 32.2. The molecule has 2 aromatic carbocycles. The second-order valence-corrected chi connectivity index (χ2v) is 7.16. The van der Waals surface area contributed by atoms with Crippen LogP contribution < -0.4 is 5.32 Å². The summed E-state index contributed by atoms with van der Waals surface area (Å²) in [5.41, 5.74) is 4.02. The first kappa shape index (κ1) is 16.1. The third-order valence-corrected chi connectivity index (χ3v) is 4.55. The lowest BCUT2D eigenvalue weighted by atomic mass is 10.2. The number of hydrogen-bond donors (Lipinski definition) is 1. The Labute approximate surface area is 133 Å². The van der Waals surface area contributed by atoms with Crippen molar-refractivity contribution >= 4 is 11.8 Å². The van der Waals surface area contributed by atoms with E-state index in [2.05, 4.69) is 75.5 Å². The van der Waals surface area contributed by atoms with Gasteiger partial charge in [0.05, 0.1) is 0 Å². The van der Waals surface area contributed by atoms with Crippen molar-refractivity contribution in [2.45, 2.75) is 44.0 Å². The lowest BCUT2D eigenvalue weighted by Gasteiger charge is -2.09. The van der Waals surface area contributed by atoms with E-state index in [1.165, 1.54) is 26.5 Å². The molecular weight excluding hydrogens is 274 g/mol. The van der Waals surface area contributed by atoms with Gasteiger partial charge in [-0.2, -0.15) is 0 Å². The Morgan fingerprint density at radius 3 is 2.33 bits per heavy atom. The van der Waals surface area contributed by atoms with Crippen LogP contribution in [-0.2, 0) is 6.54 Å². The van der Waals surface area contributed by atoms with E-state index in [9.17, 15) is 0 Å². The minimum Gasteiger partial charge on any atom is -0.312 e. The maximum atomic E-state index is 3.48. The monoisotopic (exact) mass is 299 g/mol. The second kappa shape index (κ2) is 7.67. The van der Waals surface area contributed by atoms with Crippen LogP contribution in [0, 0.1) is 19.8 Å². The first-order chi connectivity index (χ1) is 10.0. The minimum absolute atomic E-state index is 0.698. The molecule has 0 aliphatic carbocycles. The summed E-state index contributed by atoms with van der Waals surface area (Å²) in [5.74, 6) is 0.698. The zero-order chi connectivity index (χ0) is 15.2. The summed E-state index contributed by atoms with van der Waals surface area (Å²) in [6.07, 6.45) is 0. The van der Waals surface area contributed by atoms with Gasteiger partial charge < -0.3 is 5.32 Å². The average Bonchev–Trinajstić information content (AvgIpc) is 2.43. The summed E-state index contributed by atoms with van der Waals surface area (Å²) < 4.78 is 0. The van der Waals surface area contributed by atoms with Crippen LogP contribution in [0.1, 0.15) is 30.5 Å². The average molecular weight is 299 g/mol. The molecule has 2 heteroatoms. The normalized spacial score (nSPS) is 11.1. The van der Waals surface area contributed by atoms with Gasteiger partial charge in [0, 0.05) is 16.3 Å². The zero-order valence-corrected chi connectivity index (χ0v) is 14.3. The molecule has 0 bridgehead atoms. The third kappa shape index (κ3) is 5.22. The van der Waals surface area contributed by atoms with Gasteiger partial charge in [-0.15, -0.1) is 0 Å². The van der Waals surface area contributed by atoms with Crippen LogP contribution in [0.4, 0.5) is 0 Å². The van der Waals surface area contributed by atoms with Crippen molar-refractivity contribution in [2.75, 3.05) is 6.54 Å². The van der Waals surface area contributed by atoms with Crippen LogP contribution >= 0.6 is 11.8 Å². The lowest BCUT2D eigenvalue weighted by molar-refractivity contribution is 0.552. The molecule has 0 atom stereocenters. The molecule has 0 aromatic heterocycles. The summed E-state index contributed by atoms with van der Waals surface area (Å²) in [5, 5.41) is 3.48.